The summed E-state index contributed by atoms with van der Waals surface area (Å²) in [6.07, 6.45) is 0. The summed E-state index contributed by atoms with van der Waals surface area (Å²) in [5.41, 5.74) is 7.94. The fourth-order valence-corrected chi connectivity index (χ4v) is 3.08. The summed E-state index contributed by atoms with van der Waals surface area (Å²) in [6, 6.07) is 11.3. The number of hydrogen-bond acceptors (Lipinski definition) is 3. The molecule has 2 aromatic rings. The Morgan fingerprint density at radius 2 is 1.75 bits per heavy atom. The van der Waals surface area contributed by atoms with Gasteiger partial charge in [-0.3, -0.25) is 0 Å². The van der Waals surface area contributed by atoms with E-state index >= 15 is 0 Å². The second-order valence-corrected chi connectivity index (χ2v) is 6.19. The van der Waals surface area contributed by atoms with Crippen LogP contribution in [-0.4, -0.2) is 12.4 Å². The number of aryl methyl sites for hydroxylation is 1. The Bertz CT molecular complexity index is 584. The third-order valence-electron chi connectivity index (χ3n) is 2.79. The first-order valence-corrected chi connectivity index (χ1v) is 7.88. The molecule has 5 heteroatoms. The van der Waals surface area contributed by atoms with Gasteiger partial charge in [-0.25, -0.2) is 0 Å². The Morgan fingerprint density at radius 1 is 1.10 bits per heavy atom. The number of halogens is 2. The van der Waals surface area contributed by atoms with Gasteiger partial charge in [-0.1, -0.05) is 41.4 Å². The SMILES string of the molecule is Cc1cccc(SCCOc2c(Cl)cccc2Cl)c1N. The number of rotatable bonds is 5. The Kier molecular flexibility index (Phi) is 5.46. The standard InChI is InChI=1S/C15H15Cl2NOS/c1-10-4-2-7-13(14(10)18)20-9-8-19-15-11(16)5-3-6-12(15)17/h2-7H,8-9,18H2,1H3. The summed E-state index contributed by atoms with van der Waals surface area (Å²) in [6.45, 7) is 2.51. The van der Waals surface area contributed by atoms with Crippen LogP contribution in [0.15, 0.2) is 41.3 Å². The van der Waals surface area contributed by atoms with E-state index in [2.05, 4.69) is 0 Å². The van der Waals surface area contributed by atoms with Gasteiger partial charge in [0.15, 0.2) is 5.75 Å². The molecule has 0 saturated carbocycles. The number of anilines is 1. The summed E-state index contributed by atoms with van der Waals surface area (Å²) in [7, 11) is 0. The third-order valence-corrected chi connectivity index (χ3v) is 4.42. The number of benzene rings is 2. The second kappa shape index (κ2) is 7.11. The predicted molar refractivity (Wildman–Crippen MR) is 88.3 cm³/mol. The van der Waals surface area contributed by atoms with E-state index in [0.29, 0.717) is 22.4 Å². The lowest BCUT2D eigenvalue weighted by Crippen LogP contribution is -2.02. The van der Waals surface area contributed by atoms with Crippen molar-refractivity contribution in [3.63, 3.8) is 0 Å². The molecular weight excluding hydrogens is 313 g/mol. The van der Waals surface area contributed by atoms with Gasteiger partial charge in [-0.15, -0.1) is 11.8 Å². The van der Waals surface area contributed by atoms with Gasteiger partial charge in [0.25, 0.3) is 0 Å². The zero-order valence-electron chi connectivity index (χ0n) is 11.0. The number of ether oxygens (including phenoxy) is 1. The third kappa shape index (κ3) is 3.75. The van der Waals surface area contributed by atoms with E-state index in [9.17, 15) is 0 Å². The van der Waals surface area contributed by atoms with E-state index in [4.69, 9.17) is 33.7 Å². The minimum absolute atomic E-state index is 0.515. The van der Waals surface area contributed by atoms with Crippen LogP contribution in [0.1, 0.15) is 5.56 Å². The summed E-state index contributed by atoms with van der Waals surface area (Å²) < 4.78 is 5.63. The average Bonchev–Trinajstić information content (AvgIpc) is 2.42. The molecule has 2 aromatic carbocycles. The maximum Gasteiger partial charge on any atom is 0.156 e. The van der Waals surface area contributed by atoms with Crippen LogP contribution in [0.5, 0.6) is 5.75 Å². The molecule has 0 heterocycles. The second-order valence-electron chi connectivity index (χ2n) is 4.23. The topological polar surface area (TPSA) is 35.2 Å². The van der Waals surface area contributed by atoms with Crippen LogP contribution in [0.25, 0.3) is 0 Å². The molecule has 2 rings (SSSR count). The van der Waals surface area contributed by atoms with Gasteiger partial charge in [-0.2, -0.15) is 0 Å². The highest BCUT2D eigenvalue weighted by molar-refractivity contribution is 7.99. The molecule has 0 fully saturated rings. The van der Waals surface area contributed by atoms with E-state index in [1.807, 2.05) is 25.1 Å². The first-order valence-electron chi connectivity index (χ1n) is 6.14. The highest BCUT2D eigenvalue weighted by atomic mass is 35.5. The first-order chi connectivity index (χ1) is 9.59. The largest absolute Gasteiger partial charge is 0.490 e. The van der Waals surface area contributed by atoms with Crippen LogP contribution in [0, 0.1) is 6.92 Å². The first kappa shape index (κ1) is 15.4. The van der Waals surface area contributed by atoms with Crippen LogP contribution in [-0.2, 0) is 0 Å². The van der Waals surface area contributed by atoms with E-state index in [1.54, 1.807) is 30.0 Å². The van der Waals surface area contributed by atoms with Gasteiger partial charge in [0, 0.05) is 16.3 Å². The van der Waals surface area contributed by atoms with Crippen LogP contribution >= 0.6 is 35.0 Å². The molecule has 20 heavy (non-hydrogen) atoms. The minimum Gasteiger partial charge on any atom is -0.490 e. The van der Waals surface area contributed by atoms with Crippen molar-refractivity contribution in [2.24, 2.45) is 0 Å². The fourth-order valence-electron chi connectivity index (χ4n) is 1.70. The quantitative estimate of drug-likeness (QED) is 0.474. The van der Waals surface area contributed by atoms with Crippen molar-refractivity contribution in [1.82, 2.24) is 0 Å². The molecule has 0 unspecified atom stereocenters. The maximum absolute atomic E-state index is 6.04. The van der Waals surface area contributed by atoms with E-state index in [1.165, 1.54) is 0 Å². The molecule has 0 spiro atoms. The van der Waals surface area contributed by atoms with Crippen LogP contribution in [0.2, 0.25) is 10.0 Å². The lowest BCUT2D eigenvalue weighted by atomic mass is 10.2. The molecule has 0 amide bonds. The minimum atomic E-state index is 0.515. The zero-order chi connectivity index (χ0) is 14.5. The van der Waals surface area contributed by atoms with Crippen molar-refractivity contribution in [1.29, 1.82) is 0 Å². The lowest BCUT2D eigenvalue weighted by molar-refractivity contribution is 0.344. The predicted octanol–water partition coefficient (Wildman–Crippen LogP) is 5.06. The average molecular weight is 328 g/mol. The Hall–Kier alpha value is -1.03. The molecule has 2 nitrogen and oxygen atoms in total. The number of hydrogen-bond donors (Lipinski definition) is 1. The smallest absolute Gasteiger partial charge is 0.156 e. The van der Waals surface area contributed by atoms with E-state index < -0.39 is 0 Å². The number of para-hydroxylation sites is 2. The van der Waals surface area contributed by atoms with E-state index in [-0.39, 0.29) is 0 Å². The van der Waals surface area contributed by atoms with Crippen molar-refractivity contribution in [3.8, 4) is 5.75 Å². The number of thioether (sulfide) groups is 1. The monoisotopic (exact) mass is 327 g/mol. The Balaban J connectivity index is 1.89. The highest BCUT2D eigenvalue weighted by Gasteiger charge is 2.07. The molecule has 0 atom stereocenters. The van der Waals surface area contributed by atoms with Crippen molar-refractivity contribution < 1.29 is 4.74 Å². The fraction of sp³-hybridized carbons (Fsp3) is 0.200. The molecule has 0 bridgehead atoms. The van der Waals surface area contributed by atoms with Crippen LogP contribution in [0.3, 0.4) is 0 Å². The van der Waals surface area contributed by atoms with Gasteiger partial charge >= 0.3 is 0 Å². The Morgan fingerprint density at radius 3 is 2.45 bits per heavy atom. The Labute approximate surface area is 133 Å². The maximum atomic E-state index is 6.04. The number of nitrogen functional groups attached to an aromatic ring is 1. The molecule has 0 aliphatic heterocycles. The summed E-state index contributed by atoms with van der Waals surface area (Å²) in [4.78, 5) is 1.07. The molecular formula is C15H15Cl2NOS. The highest BCUT2D eigenvalue weighted by Crippen LogP contribution is 2.33. The molecule has 2 N–H and O–H groups in total. The van der Waals surface area contributed by atoms with Gasteiger partial charge in [-0.05, 0) is 30.7 Å². The van der Waals surface area contributed by atoms with Crippen molar-refractivity contribution in [3.05, 3.63) is 52.0 Å². The molecule has 0 aliphatic rings. The summed E-state index contributed by atoms with van der Waals surface area (Å²) in [5, 5.41) is 1.05. The molecule has 0 aromatic heterocycles. The van der Waals surface area contributed by atoms with E-state index in [0.717, 1.165) is 21.9 Å². The molecule has 106 valence electrons. The van der Waals surface area contributed by atoms with Gasteiger partial charge in [0.05, 0.1) is 16.7 Å². The number of nitrogens with two attached hydrogens (primary N) is 1. The van der Waals surface area contributed by atoms with Crippen LogP contribution < -0.4 is 10.5 Å². The summed E-state index contributed by atoms with van der Waals surface area (Å²) >= 11 is 13.7. The van der Waals surface area contributed by atoms with Crippen molar-refractivity contribution >= 4 is 40.7 Å². The van der Waals surface area contributed by atoms with Crippen molar-refractivity contribution in [2.75, 3.05) is 18.1 Å². The molecule has 0 saturated heterocycles. The van der Waals surface area contributed by atoms with Gasteiger partial charge < -0.3 is 10.5 Å². The van der Waals surface area contributed by atoms with Gasteiger partial charge in [0.1, 0.15) is 0 Å². The van der Waals surface area contributed by atoms with Crippen LogP contribution in [0.4, 0.5) is 5.69 Å². The van der Waals surface area contributed by atoms with Gasteiger partial charge in [0.2, 0.25) is 0 Å². The molecule has 0 aliphatic carbocycles. The normalized spacial score (nSPS) is 10.6. The zero-order valence-corrected chi connectivity index (χ0v) is 13.4. The lowest BCUT2D eigenvalue weighted by Gasteiger charge is -2.11. The molecule has 0 radical (unpaired) electrons. The summed E-state index contributed by atoms with van der Waals surface area (Å²) in [5.74, 6) is 1.31. The van der Waals surface area contributed by atoms with Crippen molar-refractivity contribution in [2.45, 2.75) is 11.8 Å².